The number of imidazole rings is 1. The molecule has 3 aromatic heterocycles. The maximum absolute atomic E-state index is 12.5. The molecule has 0 spiro atoms. The number of anilines is 1. The summed E-state index contributed by atoms with van der Waals surface area (Å²) >= 11 is 1.42. The first-order valence-corrected chi connectivity index (χ1v) is 8.49. The maximum Gasteiger partial charge on any atom is 0.266 e. The standard InChI is InChI=1S/C19H15N3OS/c1-13-9-10-16-20-17(14-6-3-2-4-7-14)18(22(16)12-13)21-19(23)15-8-5-11-24-15/h2-12H,1H3,(H,21,23). The number of rotatable bonds is 3. The van der Waals surface area contributed by atoms with Crippen molar-refractivity contribution in [2.45, 2.75) is 6.92 Å². The number of aromatic nitrogens is 2. The molecule has 3 heterocycles. The van der Waals surface area contributed by atoms with Crippen LogP contribution in [0, 0.1) is 6.92 Å². The van der Waals surface area contributed by atoms with E-state index in [0.29, 0.717) is 10.7 Å². The van der Waals surface area contributed by atoms with E-state index < -0.39 is 0 Å². The Morgan fingerprint density at radius 3 is 2.67 bits per heavy atom. The first-order chi connectivity index (χ1) is 11.7. The lowest BCUT2D eigenvalue weighted by molar-refractivity contribution is 0.103. The largest absolute Gasteiger partial charge is 0.305 e. The summed E-state index contributed by atoms with van der Waals surface area (Å²) in [7, 11) is 0. The van der Waals surface area contributed by atoms with E-state index in [1.807, 2.05) is 77.5 Å². The van der Waals surface area contributed by atoms with Gasteiger partial charge in [0.2, 0.25) is 0 Å². The second-order valence-corrected chi connectivity index (χ2v) is 6.49. The molecule has 0 fully saturated rings. The van der Waals surface area contributed by atoms with Gasteiger partial charge in [0.1, 0.15) is 17.2 Å². The van der Waals surface area contributed by atoms with Crippen LogP contribution < -0.4 is 5.32 Å². The van der Waals surface area contributed by atoms with E-state index in [4.69, 9.17) is 4.98 Å². The van der Waals surface area contributed by atoms with Crippen molar-refractivity contribution < 1.29 is 4.79 Å². The van der Waals surface area contributed by atoms with E-state index in [0.717, 1.165) is 22.5 Å². The molecule has 4 nitrogen and oxygen atoms in total. The minimum atomic E-state index is -0.120. The van der Waals surface area contributed by atoms with E-state index in [1.165, 1.54) is 11.3 Å². The van der Waals surface area contributed by atoms with Crippen LogP contribution in [0.1, 0.15) is 15.2 Å². The third-order valence-electron chi connectivity index (χ3n) is 3.79. The lowest BCUT2D eigenvalue weighted by atomic mass is 10.1. The summed E-state index contributed by atoms with van der Waals surface area (Å²) in [6.07, 6.45) is 1.98. The molecule has 0 unspecified atom stereocenters. The second-order valence-electron chi connectivity index (χ2n) is 5.54. The molecule has 24 heavy (non-hydrogen) atoms. The predicted octanol–water partition coefficient (Wildman–Crippen LogP) is 4.62. The van der Waals surface area contributed by atoms with Gasteiger partial charge in [-0.3, -0.25) is 9.20 Å². The molecule has 118 valence electrons. The van der Waals surface area contributed by atoms with Crippen molar-refractivity contribution >= 4 is 28.7 Å². The SMILES string of the molecule is Cc1ccc2nc(-c3ccccc3)c(NC(=O)c3cccs3)n2c1. The van der Waals surface area contributed by atoms with Crippen LogP contribution in [0.25, 0.3) is 16.9 Å². The summed E-state index contributed by atoms with van der Waals surface area (Å²) in [5.74, 6) is 0.573. The fourth-order valence-corrected chi connectivity index (χ4v) is 3.26. The average molecular weight is 333 g/mol. The number of amides is 1. The monoisotopic (exact) mass is 333 g/mol. The number of nitrogens with zero attached hydrogens (tertiary/aromatic N) is 2. The van der Waals surface area contributed by atoms with Crippen molar-refractivity contribution in [3.05, 3.63) is 76.6 Å². The van der Waals surface area contributed by atoms with E-state index in [9.17, 15) is 4.79 Å². The third kappa shape index (κ3) is 2.59. The molecule has 1 N–H and O–H groups in total. The van der Waals surface area contributed by atoms with Gasteiger partial charge in [0, 0.05) is 11.8 Å². The van der Waals surface area contributed by atoms with Crippen molar-refractivity contribution in [2.75, 3.05) is 5.32 Å². The van der Waals surface area contributed by atoms with Crippen LogP contribution in [0.5, 0.6) is 0 Å². The second kappa shape index (κ2) is 5.94. The molecule has 1 aromatic carbocycles. The van der Waals surface area contributed by atoms with Crippen LogP contribution in [-0.2, 0) is 0 Å². The van der Waals surface area contributed by atoms with E-state index in [-0.39, 0.29) is 5.91 Å². The molecule has 0 saturated heterocycles. The van der Waals surface area contributed by atoms with Gasteiger partial charge in [0.05, 0.1) is 4.88 Å². The molecule has 1 amide bonds. The zero-order valence-electron chi connectivity index (χ0n) is 13.1. The van der Waals surface area contributed by atoms with Crippen molar-refractivity contribution in [1.82, 2.24) is 9.38 Å². The minimum absolute atomic E-state index is 0.120. The normalized spacial score (nSPS) is 10.9. The quantitative estimate of drug-likeness (QED) is 0.594. The highest BCUT2D eigenvalue weighted by Gasteiger charge is 2.17. The van der Waals surface area contributed by atoms with Crippen molar-refractivity contribution in [1.29, 1.82) is 0 Å². The van der Waals surface area contributed by atoms with E-state index in [1.54, 1.807) is 0 Å². The van der Waals surface area contributed by atoms with Crippen LogP contribution in [0.4, 0.5) is 5.82 Å². The highest BCUT2D eigenvalue weighted by Crippen LogP contribution is 2.29. The highest BCUT2D eigenvalue weighted by atomic mass is 32.1. The highest BCUT2D eigenvalue weighted by molar-refractivity contribution is 7.12. The summed E-state index contributed by atoms with van der Waals surface area (Å²) in [5.41, 5.74) is 3.65. The minimum Gasteiger partial charge on any atom is -0.305 e. The van der Waals surface area contributed by atoms with Crippen molar-refractivity contribution in [3.63, 3.8) is 0 Å². The Labute approximate surface area is 143 Å². The average Bonchev–Trinajstić information content (AvgIpc) is 3.24. The molecule has 0 atom stereocenters. The first kappa shape index (κ1) is 14.7. The zero-order chi connectivity index (χ0) is 16.5. The fourth-order valence-electron chi connectivity index (χ4n) is 2.64. The van der Waals surface area contributed by atoms with E-state index in [2.05, 4.69) is 5.32 Å². The molecule has 0 bridgehead atoms. The molecule has 0 saturated carbocycles. The van der Waals surface area contributed by atoms with Crippen LogP contribution in [0.3, 0.4) is 0 Å². The Hall–Kier alpha value is -2.92. The van der Waals surface area contributed by atoms with Crippen molar-refractivity contribution in [2.24, 2.45) is 0 Å². The number of pyridine rings is 1. The van der Waals surface area contributed by atoms with Crippen LogP contribution in [0.2, 0.25) is 0 Å². The molecular formula is C19H15N3OS. The Morgan fingerprint density at radius 1 is 1.08 bits per heavy atom. The van der Waals surface area contributed by atoms with Gasteiger partial charge in [-0.2, -0.15) is 0 Å². The molecule has 4 rings (SSSR count). The number of aryl methyl sites for hydroxylation is 1. The Bertz CT molecular complexity index is 1000. The molecule has 5 heteroatoms. The van der Waals surface area contributed by atoms with Crippen LogP contribution in [0.15, 0.2) is 66.2 Å². The topological polar surface area (TPSA) is 46.4 Å². The van der Waals surface area contributed by atoms with E-state index >= 15 is 0 Å². The van der Waals surface area contributed by atoms with Gasteiger partial charge in [-0.05, 0) is 30.0 Å². The Balaban J connectivity index is 1.87. The van der Waals surface area contributed by atoms with Crippen LogP contribution in [-0.4, -0.2) is 15.3 Å². The lowest BCUT2D eigenvalue weighted by Gasteiger charge is -2.07. The lowest BCUT2D eigenvalue weighted by Crippen LogP contribution is -2.12. The third-order valence-corrected chi connectivity index (χ3v) is 4.66. The summed E-state index contributed by atoms with van der Waals surface area (Å²) < 4.78 is 1.93. The van der Waals surface area contributed by atoms with Gasteiger partial charge in [0.25, 0.3) is 5.91 Å². The summed E-state index contributed by atoms with van der Waals surface area (Å²) in [6, 6.07) is 17.6. The summed E-state index contributed by atoms with van der Waals surface area (Å²) in [5, 5.41) is 4.93. The van der Waals surface area contributed by atoms with Gasteiger partial charge in [-0.1, -0.05) is 42.5 Å². The van der Waals surface area contributed by atoms with Crippen molar-refractivity contribution in [3.8, 4) is 11.3 Å². The van der Waals surface area contributed by atoms with Gasteiger partial charge in [-0.25, -0.2) is 4.98 Å². The number of nitrogens with one attached hydrogen (secondary N) is 1. The molecule has 0 radical (unpaired) electrons. The zero-order valence-corrected chi connectivity index (χ0v) is 13.9. The molecule has 4 aromatic rings. The Kier molecular flexibility index (Phi) is 3.63. The fraction of sp³-hybridized carbons (Fsp3) is 0.0526. The van der Waals surface area contributed by atoms with Crippen LogP contribution >= 0.6 is 11.3 Å². The van der Waals surface area contributed by atoms with Gasteiger partial charge >= 0.3 is 0 Å². The first-order valence-electron chi connectivity index (χ1n) is 7.61. The number of hydrogen-bond donors (Lipinski definition) is 1. The number of carbonyl (C=O) groups is 1. The number of hydrogen-bond acceptors (Lipinski definition) is 3. The molecular weight excluding hydrogens is 318 g/mol. The summed E-state index contributed by atoms with van der Waals surface area (Å²) in [4.78, 5) is 17.9. The van der Waals surface area contributed by atoms with Gasteiger partial charge in [0.15, 0.2) is 0 Å². The number of carbonyl (C=O) groups excluding carboxylic acids is 1. The molecule has 0 aliphatic carbocycles. The molecule has 0 aliphatic heterocycles. The number of thiophene rings is 1. The van der Waals surface area contributed by atoms with Gasteiger partial charge < -0.3 is 5.32 Å². The molecule has 0 aliphatic rings. The number of fused-ring (bicyclic) bond motifs is 1. The maximum atomic E-state index is 12.5. The smallest absolute Gasteiger partial charge is 0.266 e. The number of benzene rings is 1. The summed E-state index contributed by atoms with van der Waals surface area (Å²) in [6.45, 7) is 2.02. The van der Waals surface area contributed by atoms with Gasteiger partial charge in [-0.15, -0.1) is 11.3 Å². The Morgan fingerprint density at radius 2 is 1.92 bits per heavy atom. The predicted molar refractivity (Wildman–Crippen MR) is 97.6 cm³/mol.